The number of aryl methyl sites for hydroxylation is 1. The zero-order chi connectivity index (χ0) is 27.2. The van der Waals surface area contributed by atoms with Crippen LogP contribution >= 0.6 is 0 Å². The Balaban J connectivity index is 1.63. The van der Waals surface area contributed by atoms with E-state index in [9.17, 15) is 39.2 Å². The molecule has 1 aliphatic heterocycles. The van der Waals surface area contributed by atoms with Crippen molar-refractivity contribution in [2.45, 2.75) is 28.8 Å². The molecule has 3 aromatic carbocycles. The standard InChI is InChI=1S/C24H20F4N2O5S2/c1-36(32,33)18-7-9-19(10-8-18)37(34,35)30-12-2-3-15-4-6-17(14-22(15)30)29-23(31)20-11-5-16(13-21(20)25)24(26,27)28/h4-11,13-14H,2-3,12H2,1H3,(H,29,31). The van der Waals surface area contributed by atoms with Crippen molar-refractivity contribution < 1.29 is 39.2 Å². The lowest BCUT2D eigenvalue weighted by atomic mass is 10.0. The van der Waals surface area contributed by atoms with Crippen molar-refractivity contribution in [1.82, 2.24) is 0 Å². The third-order valence-corrected chi connectivity index (χ3v) is 8.76. The Morgan fingerprint density at radius 3 is 2.16 bits per heavy atom. The zero-order valence-corrected chi connectivity index (χ0v) is 20.8. The average molecular weight is 557 g/mol. The first-order valence-corrected chi connectivity index (χ1v) is 14.1. The van der Waals surface area contributed by atoms with Crippen LogP contribution < -0.4 is 9.62 Å². The number of nitrogens with zero attached hydrogens (tertiary/aromatic N) is 1. The Labute approximate surface area is 210 Å². The van der Waals surface area contributed by atoms with E-state index in [-0.39, 0.29) is 33.8 Å². The van der Waals surface area contributed by atoms with Crippen molar-refractivity contribution in [2.24, 2.45) is 0 Å². The zero-order valence-electron chi connectivity index (χ0n) is 19.2. The van der Waals surface area contributed by atoms with Gasteiger partial charge in [-0.25, -0.2) is 21.2 Å². The van der Waals surface area contributed by atoms with Crippen LogP contribution in [0.5, 0.6) is 0 Å². The van der Waals surface area contributed by atoms with Gasteiger partial charge in [-0.3, -0.25) is 9.10 Å². The van der Waals surface area contributed by atoms with Crippen LogP contribution in [0.2, 0.25) is 0 Å². The van der Waals surface area contributed by atoms with Crippen LogP contribution in [0, 0.1) is 5.82 Å². The molecular formula is C24H20F4N2O5S2. The monoisotopic (exact) mass is 556 g/mol. The van der Waals surface area contributed by atoms with Crippen molar-refractivity contribution >= 4 is 37.1 Å². The number of carbonyl (C=O) groups is 1. The summed E-state index contributed by atoms with van der Waals surface area (Å²) in [5.41, 5.74) is -0.801. The van der Waals surface area contributed by atoms with E-state index in [0.717, 1.165) is 16.6 Å². The fourth-order valence-corrected chi connectivity index (χ4v) is 6.09. The number of sulfone groups is 1. The molecule has 0 bridgehead atoms. The molecule has 37 heavy (non-hydrogen) atoms. The molecule has 0 unspecified atom stereocenters. The lowest BCUT2D eigenvalue weighted by Gasteiger charge is -2.31. The minimum absolute atomic E-state index is 0.0361. The molecule has 0 spiro atoms. The van der Waals surface area contributed by atoms with E-state index in [2.05, 4.69) is 5.32 Å². The number of sulfonamides is 1. The molecule has 1 amide bonds. The minimum atomic E-state index is -4.77. The van der Waals surface area contributed by atoms with Crippen molar-refractivity contribution in [2.75, 3.05) is 22.4 Å². The Kier molecular flexibility index (Phi) is 6.80. The molecule has 0 aromatic heterocycles. The number of benzene rings is 3. The van der Waals surface area contributed by atoms with Gasteiger partial charge in [0.15, 0.2) is 9.84 Å². The summed E-state index contributed by atoms with van der Waals surface area (Å²) in [5, 5.41) is 2.39. The molecule has 0 radical (unpaired) electrons. The normalized spacial score (nSPS) is 14.2. The molecule has 4 rings (SSSR count). The summed E-state index contributed by atoms with van der Waals surface area (Å²) < 4.78 is 104. The van der Waals surface area contributed by atoms with E-state index in [4.69, 9.17) is 0 Å². The molecule has 1 heterocycles. The van der Waals surface area contributed by atoms with Crippen LogP contribution in [-0.4, -0.2) is 35.5 Å². The summed E-state index contributed by atoms with van der Waals surface area (Å²) in [6, 6.07) is 10.8. The number of amides is 1. The largest absolute Gasteiger partial charge is 0.416 e. The molecule has 1 N–H and O–H groups in total. The van der Waals surface area contributed by atoms with Gasteiger partial charge in [0.25, 0.3) is 15.9 Å². The van der Waals surface area contributed by atoms with Crippen molar-refractivity contribution in [3.63, 3.8) is 0 Å². The number of hydrogen-bond donors (Lipinski definition) is 1. The van der Waals surface area contributed by atoms with Crippen LogP contribution in [0.25, 0.3) is 0 Å². The molecule has 0 atom stereocenters. The highest BCUT2D eigenvalue weighted by molar-refractivity contribution is 7.93. The summed E-state index contributed by atoms with van der Waals surface area (Å²) in [6.07, 6.45) is -2.70. The van der Waals surface area contributed by atoms with E-state index in [1.807, 2.05) is 0 Å². The third kappa shape index (κ3) is 5.47. The lowest BCUT2D eigenvalue weighted by Crippen LogP contribution is -2.35. The van der Waals surface area contributed by atoms with Gasteiger partial charge in [0, 0.05) is 18.5 Å². The molecule has 3 aromatic rings. The van der Waals surface area contributed by atoms with Crippen LogP contribution in [0.1, 0.15) is 27.9 Å². The van der Waals surface area contributed by atoms with Crippen molar-refractivity contribution in [1.29, 1.82) is 0 Å². The third-order valence-electron chi connectivity index (χ3n) is 5.80. The fraction of sp³-hybridized carbons (Fsp3) is 0.208. The van der Waals surface area contributed by atoms with Gasteiger partial charge in [0.1, 0.15) is 5.82 Å². The second-order valence-corrected chi connectivity index (χ2v) is 12.3. The molecule has 196 valence electrons. The van der Waals surface area contributed by atoms with Gasteiger partial charge in [0.05, 0.1) is 26.6 Å². The molecule has 0 saturated carbocycles. The summed E-state index contributed by atoms with van der Waals surface area (Å²) in [6.45, 7) is 0.119. The number of carbonyl (C=O) groups excluding carboxylic acids is 1. The van der Waals surface area contributed by atoms with Crippen molar-refractivity contribution in [3.05, 3.63) is 83.2 Å². The average Bonchev–Trinajstić information content (AvgIpc) is 2.82. The van der Waals surface area contributed by atoms with Gasteiger partial charge in [-0.15, -0.1) is 0 Å². The van der Waals surface area contributed by atoms with E-state index in [1.54, 1.807) is 6.07 Å². The maximum Gasteiger partial charge on any atom is 0.416 e. The predicted molar refractivity (Wildman–Crippen MR) is 128 cm³/mol. The Morgan fingerprint density at radius 1 is 0.919 bits per heavy atom. The first-order chi connectivity index (χ1) is 17.2. The lowest BCUT2D eigenvalue weighted by molar-refractivity contribution is -0.137. The van der Waals surface area contributed by atoms with E-state index >= 15 is 0 Å². The summed E-state index contributed by atoms with van der Waals surface area (Å²) >= 11 is 0. The van der Waals surface area contributed by atoms with Gasteiger partial charge in [-0.05, 0) is 73.0 Å². The fourth-order valence-electron chi connectivity index (χ4n) is 3.93. The molecule has 0 saturated heterocycles. The Bertz CT molecular complexity index is 1590. The highest BCUT2D eigenvalue weighted by Crippen LogP contribution is 2.35. The Morgan fingerprint density at radius 2 is 1.57 bits per heavy atom. The summed E-state index contributed by atoms with van der Waals surface area (Å²) in [5.74, 6) is -2.36. The minimum Gasteiger partial charge on any atom is -0.322 e. The maximum atomic E-state index is 14.2. The maximum absolute atomic E-state index is 14.2. The van der Waals surface area contributed by atoms with Gasteiger partial charge in [-0.1, -0.05) is 6.07 Å². The molecule has 7 nitrogen and oxygen atoms in total. The molecular weight excluding hydrogens is 536 g/mol. The van der Waals surface area contributed by atoms with Crippen LogP contribution in [-0.2, 0) is 32.5 Å². The van der Waals surface area contributed by atoms with Gasteiger partial charge in [-0.2, -0.15) is 13.2 Å². The highest BCUT2D eigenvalue weighted by atomic mass is 32.2. The number of alkyl halides is 3. The number of hydrogen-bond acceptors (Lipinski definition) is 5. The first-order valence-electron chi connectivity index (χ1n) is 10.8. The quantitative estimate of drug-likeness (QED) is 0.462. The van der Waals surface area contributed by atoms with E-state index < -0.39 is 48.9 Å². The Hall–Kier alpha value is -3.45. The molecule has 13 heteroatoms. The molecule has 0 fully saturated rings. The van der Waals surface area contributed by atoms with Crippen LogP contribution in [0.3, 0.4) is 0 Å². The molecule has 0 aliphatic carbocycles. The number of anilines is 2. The van der Waals surface area contributed by atoms with Crippen LogP contribution in [0.15, 0.2) is 70.5 Å². The SMILES string of the molecule is CS(=O)(=O)c1ccc(S(=O)(=O)N2CCCc3ccc(NC(=O)c4ccc(C(F)(F)F)cc4F)cc32)cc1. The van der Waals surface area contributed by atoms with Gasteiger partial charge in [0.2, 0.25) is 0 Å². The van der Waals surface area contributed by atoms with E-state index in [1.165, 1.54) is 36.4 Å². The van der Waals surface area contributed by atoms with Crippen molar-refractivity contribution in [3.8, 4) is 0 Å². The second kappa shape index (κ2) is 9.45. The van der Waals surface area contributed by atoms with Crippen LogP contribution in [0.4, 0.5) is 28.9 Å². The topological polar surface area (TPSA) is 101 Å². The van der Waals surface area contributed by atoms with E-state index in [0.29, 0.717) is 24.5 Å². The second-order valence-electron chi connectivity index (χ2n) is 8.41. The number of halogens is 4. The number of rotatable bonds is 5. The smallest absolute Gasteiger partial charge is 0.322 e. The van der Waals surface area contributed by atoms with Gasteiger partial charge < -0.3 is 5.32 Å². The number of fused-ring (bicyclic) bond motifs is 1. The summed E-state index contributed by atoms with van der Waals surface area (Å²) in [7, 11) is -7.62. The summed E-state index contributed by atoms with van der Waals surface area (Å²) in [4.78, 5) is 12.4. The number of nitrogens with one attached hydrogen (secondary N) is 1. The predicted octanol–water partition coefficient (Wildman–Crippen LogP) is 4.64. The first kappa shape index (κ1) is 26.6. The van der Waals surface area contributed by atoms with Gasteiger partial charge >= 0.3 is 6.18 Å². The highest BCUT2D eigenvalue weighted by Gasteiger charge is 2.32. The molecule has 1 aliphatic rings.